The summed E-state index contributed by atoms with van der Waals surface area (Å²) in [5.74, 6) is -1.54. The average Bonchev–Trinajstić information content (AvgIpc) is 3.29. The van der Waals surface area contributed by atoms with E-state index >= 15 is 0 Å². The van der Waals surface area contributed by atoms with E-state index in [2.05, 4.69) is 4.98 Å². The van der Waals surface area contributed by atoms with Gasteiger partial charge in [0.25, 0.3) is 5.91 Å². The van der Waals surface area contributed by atoms with Crippen LogP contribution in [0.25, 0.3) is 11.1 Å². The molecule has 2 atom stereocenters. The highest BCUT2D eigenvalue weighted by Gasteiger charge is 2.37. The van der Waals surface area contributed by atoms with Crippen LogP contribution in [-0.2, 0) is 4.79 Å². The number of carboxylic acid groups (broad SMARTS) is 1. The second-order valence-electron chi connectivity index (χ2n) is 8.79. The summed E-state index contributed by atoms with van der Waals surface area (Å²) in [6.45, 7) is 0.209. The number of aliphatic carboxylic acids is 1. The van der Waals surface area contributed by atoms with Crippen LogP contribution < -0.4 is 10.5 Å². The van der Waals surface area contributed by atoms with Gasteiger partial charge in [-0.1, -0.05) is 30.3 Å². The molecule has 1 fully saturated rings. The van der Waals surface area contributed by atoms with E-state index in [-0.39, 0.29) is 48.7 Å². The molecule has 0 bridgehead atoms. The van der Waals surface area contributed by atoms with E-state index in [9.17, 15) is 24.8 Å². The first-order chi connectivity index (χ1) is 17.7. The van der Waals surface area contributed by atoms with Crippen molar-refractivity contribution in [1.29, 1.82) is 5.41 Å². The molecule has 1 aromatic heterocycles. The van der Waals surface area contributed by atoms with Crippen LogP contribution in [0.3, 0.4) is 0 Å². The summed E-state index contributed by atoms with van der Waals surface area (Å²) in [7, 11) is 0. The molecule has 2 aromatic carbocycles. The van der Waals surface area contributed by atoms with Crippen LogP contribution in [-0.4, -0.2) is 56.8 Å². The van der Waals surface area contributed by atoms with Crippen molar-refractivity contribution < 1.29 is 24.4 Å². The Bertz CT molecular complexity index is 1330. The van der Waals surface area contributed by atoms with Gasteiger partial charge in [-0.2, -0.15) is 0 Å². The molecule has 0 spiro atoms. The third-order valence-electron chi connectivity index (χ3n) is 6.25. The van der Waals surface area contributed by atoms with E-state index in [1.54, 1.807) is 53.6 Å². The van der Waals surface area contributed by atoms with Gasteiger partial charge in [0.1, 0.15) is 12.4 Å². The molecular formula is C26H25N5O6. The zero-order valence-corrected chi connectivity index (χ0v) is 19.7. The number of carbonyl (C=O) groups excluding carboxylic acids is 1. The Morgan fingerprint density at radius 2 is 1.89 bits per heavy atom. The normalized spacial score (nSPS) is 16.8. The molecule has 1 aliphatic rings. The molecular weight excluding hydrogens is 478 g/mol. The Balaban J connectivity index is 1.54. The highest BCUT2D eigenvalue weighted by Crippen LogP contribution is 2.34. The van der Waals surface area contributed by atoms with Crippen molar-refractivity contribution in [1.82, 2.24) is 9.88 Å². The summed E-state index contributed by atoms with van der Waals surface area (Å²) < 4.78 is 5.85. The number of nitrogens with one attached hydrogen (secondary N) is 1. The van der Waals surface area contributed by atoms with Gasteiger partial charge in [0, 0.05) is 37.0 Å². The van der Waals surface area contributed by atoms with Crippen LogP contribution >= 0.6 is 0 Å². The molecule has 3 aromatic rings. The third-order valence-corrected chi connectivity index (χ3v) is 6.25. The smallest absolute Gasteiger partial charge is 0.311 e. The average molecular weight is 504 g/mol. The summed E-state index contributed by atoms with van der Waals surface area (Å²) in [6, 6.07) is 14.2. The first kappa shape index (κ1) is 25.3. The lowest BCUT2D eigenvalue weighted by molar-refractivity contribution is -0.385. The summed E-state index contributed by atoms with van der Waals surface area (Å²) >= 11 is 0. The monoisotopic (exact) mass is 503 g/mol. The predicted molar refractivity (Wildman–Crippen MR) is 134 cm³/mol. The minimum Gasteiger partial charge on any atom is -0.485 e. The maximum atomic E-state index is 13.1. The van der Waals surface area contributed by atoms with Gasteiger partial charge in [0.05, 0.1) is 16.5 Å². The Hall–Kier alpha value is -4.80. The van der Waals surface area contributed by atoms with Gasteiger partial charge in [-0.3, -0.25) is 30.1 Å². The van der Waals surface area contributed by atoms with Crippen molar-refractivity contribution in [3.63, 3.8) is 0 Å². The lowest BCUT2D eigenvalue weighted by Gasteiger charge is -2.24. The Labute approximate surface area is 212 Å². The topological polar surface area (TPSA) is 173 Å². The fraction of sp³-hybridized carbons (Fsp3) is 0.231. The molecule has 4 rings (SSSR count). The number of likely N-dealkylation sites (tertiary alicyclic amines) is 1. The van der Waals surface area contributed by atoms with Crippen molar-refractivity contribution in [2.45, 2.75) is 18.9 Å². The summed E-state index contributed by atoms with van der Waals surface area (Å²) in [5.41, 5.74) is 7.46. The van der Waals surface area contributed by atoms with Crippen LogP contribution in [0.1, 0.15) is 28.8 Å². The van der Waals surface area contributed by atoms with E-state index in [4.69, 9.17) is 15.9 Å². The number of nitro groups is 1. The molecule has 11 heteroatoms. The third kappa shape index (κ3) is 5.89. The number of nitro benzene ring substituents is 1. The summed E-state index contributed by atoms with van der Waals surface area (Å²) in [6.07, 6.45) is 3.30. The minimum absolute atomic E-state index is 0.0321. The SMILES string of the molecule is N=C(N)c1ccc(-c2ccc(OC[C@@H]3C[C@@H](CC(=O)O)CN3C(=O)c3cccnc3)c([N+](=O)[O-])c2)cc1. The number of nitrogen functional groups attached to an aromatic ring is 1. The van der Waals surface area contributed by atoms with Crippen molar-refractivity contribution in [2.24, 2.45) is 11.7 Å². The molecule has 0 radical (unpaired) electrons. The molecule has 190 valence electrons. The number of hydrogen-bond acceptors (Lipinski definition) is 7. The first-order valence-electron chi connectivity index (χ1n) is 11.5. The van der Waals surface area contributed by atoms with Crippen LogP contribution in [0.15, 0.2) is 67.0 Å². The number of rotatable bonds is 9. The molecule has 0 aliphatic carbocycles. The summed E-state index contributed by atoms with van der Waals surface area (Å²) in [5, 5.41) is 28.5. The van der Waals surface area contributed by atoms with Crippen LogP contribution in [0.2, 0.25) is 0 Å². The molecule has 0 unspecified atom stereocenters. The number of ether oxygens (including phenoxy) is 1. The van der Waals surface area contributed by atoms with Crippen LogP contribution in [0.4, 0.5) is 5.69 Å². The van der Waals surface area contributed by atoms with Crippen molar-refractivity contribution in [3.05, 3.63) is 88.2 Å². The molecule has 4 N–H and O–H groups in total. The van der Waals surface area contributed by atoms with Gasteiger partial charge in [-0.25, -0.2) is 0 Å². The molecule has 1 aliphatic heterocycles. The number of amides is 1. The number of hydrogen-bond donors (Lipinski definition) is 3. The van der Waals surface area contributed by atoms with E-state index in [1.165, 1.54) is 18.3 Å². The molecule has 11 nitrogen and oxygen atoms in total. The zero-order chi connectivity index (χ0) is 26.5. The fourth-order valence-corrected chi connectivity index (χ4v) is 4.46. The van der Waals surface area contributed by atoms with E-state index in [1.807, 2.05) is 0 Å². The quantitative estimate of drug-likeness (QED) is 0.173. The highest BCUT2D eigenvalue weighted by atomic mass is 16.6. The van der Waals surface area contributed by atoms with Crippen LogP contribution in [0, 0.1) is 21.4 Å². The fourth-order valence-electron chi connectivity index (χ4n) is 4.46. The van der Waals surface area contributed by atoms with Crippen molar-refractivity contribution in [2.75, 3.05) is 13.2 Å². The maximum Gasteiger partial charge on any atom is 0.311 e. The number of nitrogens with zero attached hydrogens (tertiary/aromatic N) is 3. The maximum absolute atomic E-state index is 13.1. The second-order valence-corrected chi connectivity index (χ2v) is 8.79. The Morgan fingerprint density at radius 3 is 2.51 bits per heavy atom. The molecule has 0 saturated carbocycles. The Kier molecular flexibility index (Phi) is 7.42. The van der Waals surface area contributed by atoms with Gasteiger partial charge < -0.3 is 20.5 Å². The number of carbonyl (C=O) groups is 2. The summed E-state index contributed by atoms with van der Waals surface area (Å²) in [4.78, 5) is 41.2. The van der Waals surface area contributed by atoms with Crippen molar-refractivity contribution >= 4 is 23.4 Å². The van der Waals surface area contributed by atoms with Crippen molar-refractivity contribution in [3.8, 4) is 16.9 Å². The number of amidine groups is 1. The zero-order valence-electron chi connectivity index (χ0n) is 19.7. The van der Waals surface area contributed by atoms with Crippen LogP contribution in [0.5, 0.6) is 5.75 Å². The largest absolute Gasteiger partial charge is 0.485 e. The van der Waals surface area contributed by atoms with Gasteiger partial charge in [-0.05, 0) is 41.7 Å². The minimum atomic E-state index is -0.956. The predicted octanol–water partition coefficient (Wildman–Crippen LogP) is 3.33. The lowest BCUT2D eigenvalue weighted by atomic mass is 10.0. The number of carboxylic acids is 1. The molecule has 1 saturated heterocycles. The Morgan fingerprint density at radius 1 is 1.16 bits per heavy atom. The van der Waals surface area contributed by atoms with E-state index in [0.29, 0.717) is 28.7 Å². The molecule has 37 heavy (non-hydrogen) atoms. The van der Waals surface area contributed by atoms with E-state index < -0.39 is 16.9 Å². The lowest BCUT2D eigenvalue weighted by Crippen LogP contribution is -2.39. The van der Waals surface area contributed by atoms with Gasteiger partial charge in [-0.15, -0.1) is 0 Å². The number of nitrogens with two attached hydrogens (primary N) is 1. The number of aromatic nitrogens is 1. The highest BCUT2D eigenvalue weighted by molar-refractivity contribution is 5.95. The second kappa shape index (κ2) is 10.9. The van der Waals surface area contributed by atoms with Gasteiger partial charge in [0.2, 0.25) is 0 Å². The van der Waals surface area contributed by atoms with E-state index in [0.717, 1.165) is 0 Å². The standard InChI is InChI=1S/C26H25N5O6/c27-25(28)18-5-3-17(4-6-18)19-7-8-23(22(12-19)31(35)36)37-15-21-10-16(11-24(32)33)14-30(21)26(34)20-2-1-9-29-13-20/h1-9,12-13,16,21H,10-11,14-15H2,(H3,27,28)(H,32,33)/t16-,21-/m0/s1. The van der Waals surface area contributed by atoms with Gasteiger partial charge >= 0.3 is 11.7 Å². The molecule has 2 heterocycles. The van der Waals surface area contributed by atoms with Gasteiger partial charge in [0.15, 0.2) is 5.75 Å². The number of pyridine rings is 1. The first-order valence-corrected chi connectivity index (χ1v) is 11.5. The number of benzene rings is 2. The molecule has 1 amide bonds.